The first-order valence-electron chi connectivity index (χ1n) is 11.9. The minimum atomic E-state index is -0.972. The van der Waals surface area contributed by atoms with E-state index in [-0.39, 0.29) is 30.4 Å². The number of carbonyl (C=O) groups is 5. The third kappa shape index (κ3) is 4.59. The molecule has 4 amide bonds. The van der Waals surface area contributed by atoms with Gasteiger partial charge >= 0.3 is 5.97 Å². The van der Waals surface area contributed by atoms with E-state index < -0.39 is 35.6 Å². The highest BCUT2D eigenvalue weighted by molar-refractivity contribution is 6.23. The summed E-state index contributed by atoms with van der Waals surface area (Å²) in [6.07, 6.45) is 0.234. The molecule has 2 saturated heterocycles. The van der Waals surface area contributed by atoms with E-state index in [1.54, 1.807) is 12.1 Å². The Balaban J connectivity index is 1.22. The van der Waals surface area contributed by atoms with E-state index in [1.165, 1.54) is 0 Å². The third-order valence-corrected chi connectivity index (χ3v) is 6.95. The van der Waals surface area contributed by atoms with E-state index in [2.05, 4.69) is 15.1 Å². The molecule has 1 unspecified atom stereocenters. The molecule has 10 nitrogen and oxygen atoms in total. The van der Waals surface area contributed by atoms with E-state index in [1.807, 2.05) is 30.3 Å². The second kappa shape index (κ2) is 9.54. The number of hydrogen-bond donors (Lipinski definition) is 2. The van der Waals surface area contributed by atoms with Gasteiger partial charge in [-0.3, -0.25) is 39.1 Å². The molecule has 2 aromatic carbocycles. The van der Waals surface area contributed by atoms with Gasteiger partial charge in [0.15, 0.2) is 0 Å². The summed E-state index contributed by atoms with van der Waals surface area (Å²) < 4.78 is 0. The number of carbonyl (C=O) groups excluding carboxylic acids is 4. The molecule has 3 heterocycles. The Bertz CT molecular complexity index is 1250. The molecule has 186 valence electrons. The maximum Gasteiger partial charge on any atom is 0.307 e. The predicted molar refractivity (Wildman–Crippen MR) is 128 cm³/mol. The van der Waals surface area contributed by atoms with Crippen LogP contribution >= 0.6 is 0 Å². The second-order valence-corrected chi connectivity index (χ2v) is 9.33. The van der Waals surface area contributed by atoms with Crippen LogP contribution in [0.5, 0.6) is 0 Å². The summed E-state index contributed by atoms with van der Waals surface area (Å²) >= 11 is 0. The Morgan fingerprint density at radius 1 is 0.889 bits per heavy atom. The van der Waals surface area contributed by atoms with E-state index >= 15 is 0 Å². The number of benzene rings is 2. The fraction of sp³-hybridized carbons (Fsp3) is 0.346. The summed E-state index contributed by atoms with van der Waals surface area (Å²) in [5.41, 5.74) is 3.30. The Labute approximate surface area is 207 Å². The molecule has 3 aliphatic heterocycles. The Morgan fingerprint density at radius 2 is 1.56 bits per heavy atom. The van der Waals surface area contributed by atoms with Crippen LogP contribution in [0.4, 0.5) is 5.69 Å². The van der Waals surface area contributed by atoms with Crippen molar-refractivity contribution in [1.82, 2.24) is 15.1 Å². The fourth-order valence-corrected chi connectivity index (χ4v) is 5.02. The van der Waals surface area contributed by atoms with Crippen LogP contribution in [0.25, 0.3) is 0 Å². The average Bonchev–Trinajstić information content (AvgIpc) is 3.10. The number of rotatable bonds is 6. The standard InChI is InChI=1S/C26H26N4O6/c31-22-8-7-21(24(34)27-22)30-25(35)19-6-5-18(14-20(19)26(30)36)29-11-9-28(10-12-29)15-17-3-1-16(2-4-17)13-23(32)33/h1-6,14,21H,7-13,15H2,(H,32,33)(H,27,31,34). The predicted octanol–water partition coefficient (Wildman–Crippen LogP) is 1.04. The Kier molecular flexibility index (Phi) is 6.27. The maximum absolute atomic E-state index is 13.1. The van der Waals surface area contributed by atoms with Gasteiger partial charge in [-0.1, -0.05) is 24.3 Å². The smallest absolute Gasteiger partial charge is 0.307 e. The number of aliphatic carboxylic acids is 1. The third-order valence-electron chi connectivity index (χ3n) is 6.95. The van der Waals surface area contributed by atoms with Crippen LogP contribution in [-0.4, -0.2) is 76.7 Å². The molecule has 0 saturated carbocycles. The number of nitrogens with zero attached hydrogens (tertiary/aromatic N) is 3. The van der Waals surface area contributed by atoms with Crippen molar-refractivity contribution in [3.05, 3.63) is 64.7 Å². The quantitative estimate of drug-likeness (QED) is 0.575. The molecule has 0 aromatic heterocycles. The van der Waals surface area contributed by atoms with Crippen molar-refractivity contribution in [2.24, 2.45) is 0 Å². The molecule has 10 heteroatoms. The van der Waals surface area contributed by atoms with Crippen molar-refractivity contribution in [3.63, 3.8) is 0 Å². The zero-order chi connectivity index (χ0) is 25.4. The number of piperazine rings is 1. The van der Waals surface area contributed by atoms with Gasteiger partial charge in [0, 0.05) is 44.8 Å². The van der Waals surface area contributed by atoms with Crippen molar-refractivity contribution in [2.75, 3.05) is 31.1 Å². The van der Waals surface area contributed by atoms with E-state index in [0.29, 0.717) is 0 Å². The monoisotopic (exact) mass is 490 g/mol. The maximum atomic E-state index is 13.1. The molecule has 2 N–H and O–H groups in total. The number of carboxylic acid groups (broad SMARTS) is 1. The van der Waals surface area contributed by atoms with E-state index in [9.17, 15) is 24.0 Å². The number of amides is 4. The van der Waals surface area contributed by atoms with Gasteiger partial charge in [0.25, 0.3) is 11.8 Å². The summed E-state index contributed by atoms with van der Waals surface area (Å²) in [4.78, 5) is 66.0. The minimum absolute atomic E-state index is 0.0130. The average molecular weight is 491 g/mol. The first-order chi connectivity index (χ1) is 17.3. The molecule has 0 bridgehead atoms. The normalized spacial score (nSPS) is 20.5. The number of imide groups is 2. The van der Waals surface area contributed by atoms with Gasteiger partial charge in [-0.25, -0.2) is 0 Å². The molecule has 1 atom stereocenters. The molecule has 2 aromatic rings. The lowest BCUT2D eigenvalue weighted by atomic mass is 10.0. The first-order valence-corrected chi connectivity index (χ1v) is 11.9. The Morgan fingerprint density at radius 3 is 2.22 bits per heavy atom. The highest BCUT2D eigenvalue weighted by Gasteiger charge is 2.44. The molecular weight excluding hydrogens is 464 g/mol. The van der Waals surface area contributed by atoms with Gasteiger partial charge < -0.3 is 10.0 Å². The molecule has 36 heavy (non-hydrogen) atoms. The highest BCUT2D eigenvalue weighted by atomic mass is 16.4. The number of nitrogens with one attached hydrogen (secondary N) is 1. The van der Waals surface area contributed by atoms with Crippen LogP contribution in [0.15, 0.2) is 42.5 Å². The zero-order valence-corrected chi connectivity index (χ0v) is 19.6. The topological polar surface area (TPSA) is 127 Å². The number of hydrogen-bond acceptors (Lipinski definition) is 7. The van der Waals surface area contributed by atoms with Crippen LogP contribution in [0, 0.1) is 0 Å². The molecule has 0 radical (unpaired) electrons. The van der Waals surface area contributed by atoms with Gasteiger partial charge in [0.2, 0.25) is 11.8 Å². The first kappa shape index (κ1) is 23.7. The van der Waals surface area contributed by atoms with Gasteiger partial charge in [-0.05, 0) is 35.7 Å². The van der Waals surface area contributed by atoms with Crippen molar-refractivity contribution in [3.8, 4) is 0 Å². The number of carboxylic acids is 1. The number of fused-ring (bicyclic) bond motifs is 1. The Hall–Kier alpha value is -4.05. The lowest BCUT2D eigenvalue weighted by Crippen LogP contribution is -2.54. The summed E-state index contributed by atoms with van der Waals surface area (Å²) in [5, 5.41) is 11.1. The summed E-state index contributed by atoms with van der Waals surface area (Å²) in [6.45, 7) is 3.87. The molecule has 3 aliphatic rings. The van der Waals surface area contributed by atoms with Crippen molar-refractivity contribution < 1.29 is 29.1 Å². The molecular formula is C26H26N4O6. The van der Waals surface area contributed by atoms with Gasteiger partial charge in [-0.15, -0.1) is 0 Å². The van der Waals surface area contributed by atoms with Crippen LogP contribution < -0.4 is 10.2 Å². The second-order valence-electron chi connectivity index (χ2n) is 9.33. The van der Waals surface area contributed by atoms with Crippen LogP contribution in [0.3, 0.4) is 0 Å². The van der Waals surface area contributed by atoms with Crippen LogP contribution in [0.1, 0.15) is 44.7 Å². The molecule has 0 spiro atoms. The summed E-state index contributed by atoms with van der Waals surface area (Å²) in [5.74, 6) is -2.87. The zero-order valence-electron chi connectivity index (χ0n) is 19.6. The van der Waals surface area contributed by atoms with Crippen molar-refractivity contribution >= 4 is 35.3 Å². The largest absolute Gasteiger partial charge is 0.481 e. The van der Waals surface area contributed by atoms with Crippen molar-refractivity contribution in [2.45, 2.75) is 31.8 Å². The lowest BCUT2D eigenvalue weighted by molar-refractivity contribution is -0.137. The van der Waals surface area contributed by atoms with Gasteiger partial charge in [0.1, 0.15) is 6.04 Å². The van der Waals surface area contributed by atoms with Gasteiger partial charge in [0.05, 0.1) is 17.5 Å². The fourth-order valence-electron chi connectivity index (χ4n) is 5.02. The number of piperidine rings is 1. The highest BCUT2D eigenvalue weighted by Crippen LogP contribution is 2.31. The van der Waals surface area contributed by atoms with E-state index in [0.717, 1.165) is 54.4 Å². The van der Waals surface area contributed by atoms with E-state index in [4.69, 9.17) is 5.11 Å². The minimum Gasteiger partial charge on any atom is -0.481 e. The molecule has 5 rings (SSSR count). The molecule has 0 aliphatic carbocycles. The lowest BCUT2D eigenvalue weighted by Gasteiger charge is -2.36. The molecule has 2 fully saturated rings. The van der Waals surface area contributed by atoms with Crippen LogP contribution in [-0.2, 0) is 27.3 Å². The van der Waals surface area contributed by atoms with Crippen LogP contribution in [0.2, 0.25) is 0 Å². The van der Waals surface area contributed by atoms with Crippen molar-refractivity contribution in [1.29, 1.82) is 0 Å². The summed E-state index contributed by atoms with van der Waals surface area (Å²) in [7, 11) is 0. The number of anilines is 1. The summed E-state index contributed by atoms with van der Waals surface area (Å²) in [6, 6.07) is 11.8. The SMILES string of the molecule is O=C(O)Cc1ccc(CN2CCN(c3ccc4c(c3)C(=O)N(C3CCC(=O)NC3=O)C4=O)CC2)cc1. The van der Waals surface area contributed by atoms with Gasteiger partial charge in [-0.2, -0.15) is 0 Å².